The van der Waals surface area contributed by atoms with E-state index in [0.29, 0.717) is 12.1 Å². The zero-order chi connectivity index (χ0) is 9.27. The van der Waals surface area contributed by atoms with Gasteiger partial charge in [0.2, 0.25) is 0 Å². The molecule has 72 valence electrons. The smallest absolute Gasteiger partial charge is 0.312 e. The molecule has 2 saturated carbocycles. The number of esters is 1. The Morgan fingerprint density at radius 3 is 2.77 bits per heavy atom. The van der Waals surface area contributed by atoms with Crippen LogP contribution < -0.4 is 5.32 Å². The van der Waals surface area contributed by atoms with Gasteiger partial charge in [-0.2, -0.15) is 0 Å². The third kappa shape index (κ3) is 0.654. The summed E-state index contributed by atoms with van der Waals surface area (Å²) in [5.74, 6) is 0.0234. The number of ether oxygens (including phenoxy) is 1. The second kappa shape index (κ2) is 1.92. The van der Waals surface area contributed by atoms with Crippen LogP contribution in [-0.2, 0) is 9.53 Å². The van der Waals surface area contributed by atoms with E-state index < -0.39 is 0 Å². The lowest BCUT2D eigenvalue weighted by Gasteiger charge is -2.54. The van der Waals surface area contributed by atoms with Crippen LogP contribution in [0.15, 0.2) is 0 Å². The van der Waals surface area contributed by atoms with Crippen molar-refractivity contribution in [3.05, 3.63) is 0 Å². The zero-order valence-corrected chi connectivity index (χ0v) is 8.09. The minimum atomic E-state index is -0.123. The molecule has 2 aliphatic heterocycles. The predicted octanol–water partition coefficient (Wildman–Crippen LogP) is 0.690. The van der Waals surface area contributed by atoms with Crippen molar-refractivity contribution >= 4 is 5.97 Å². The molecule has 2 heterocycles. The predicted molar refractivity (Wildman–Crippen MR) is 47.1 cm³/mol. The molecule has 4 aliphatic rings. The summed E-state index contributed by atoms with van der Waals surface area (Å²) in [7, 11) is 1.51. The Hall–Kier alpha value is -0.570. The van der Waals surface area contributed by atoms with Gasteiger partial charge in [-0.1, -0.05) is 6.92 Å². The van der Waals surface area contributed by atoms with E-state index in [4.69, 9.17) is 4.74 Å². The van der Waals surface area contributed by atoms with Crippen LogP contribution in [0.1, 0.15) is 26.2 Å². The quantitative estimate of drug-likeness (QED) is 0.605. The molecule has 13 heavy (non-hydrogen) atoms. The zero-order valence-electron chi connectivity index (χ0n) is 8.09. The molecular weight excluding hydrogens is 166 g/mol. The van der Waals surface area contributed by atoms with Crippen molar-refractivity contribution in [2.75, 3.05) is 7.11 Å². The molecule has 0 aromatic rings. The molecule has 0 amide bonds. The molecule has 0 aromatic carbocycles. The summed E-state index contributed by atoms with van der Waals surface area (Å²) in [6, 6.07) is 1.17. The molecule has 0 aromatic heterocycles. The highest BCUT2D eigenvalue weighted by Gasteiger charge is 2.75. The molecule has 2 saturated heterocycles. The van der Waals surface area contributed by atoms with E-state index in [9.17, 15) is 4.79 Å². The third-order valence-electron chi connectivity index (χ3n) is 4.53. The van der Waals surface area contributed by atoms with Gasteiger partial charge < -0.3 is 10.1 Å². The maximum Gasteiger partial charge on any atom is 0.312 e. The SMILES string of the molecule is COC(=O)C12CC(C1)NC1C[C@]12C. The fraction of sp³-hybridized carbons (Fsp3) is 0.900. The van der Waals surface area contributed by atoms with Gasteiger partial charge in [0, 0.05) is 17.5 Å². The molecule has 3 nitrogen and oxygen atoms in total. The van der Waals surface area contributed by atoms with E-state index in [-0.39, 0.29) is 16.8 Å². The van der Waals surface area contributed by atoms with Gasteiger partial charge >= 0.3 is 5.97 Å². The minimum absolute atomic E-state index is 0.0234. The highest BCUT2D eigenvalue weighted by Crippen LogP contribution is 2.70. The third-order valence-corrected chi connectivity index (χ3v) is 4.53. The largest absolute Gasteiger partial charge is 0.469 e. The first-order valence-electron chi connectivity index (χ1n) is 4.97. The van der Waals surface area contributed by atoms with Crippen molar-refractivity contribution in [2.45, 2.75) is 38.3 Å². The van der Waals surface area contributed by atoms with Crippen molar-refractivity contribution in [1.82, 2.24) is 5.32 Å². The first-order chi connectivity index (χ1) is 6.12. The van der Waals surface area contributed by atoms with Gasteiger partial charge in [-0.05, 0) is 19.3 Å². The molecule has 2 bridgehead atoms. The lowest BCUT2D eigenvalue weighted by atomic mass is 9.54. The topological polar surface area (TPSA) is 38.3 Å². The van der Waals surface area contributed by atoms with Crippen LogP contribution >= 0.6 is 0 Å². The Morgan fingerprint density at radius 2 is 2.15 bits per heavy atom. The first-order valence-corrected chi connectivity index (χ1v) is 4.97. The molecule has 3 heteroatoms. The van der Waals surface area contributed by atoms with E-state index in [1.807, 2.05) is 0 Å². The normalized spacial score (nSPS) is 56.2. The van der Waals surface area contributed by atoms with Crippen molar-refractivity contribution in [1.29, 1.82) is 0 Å². The van der Waals surface area contributed by atoms with Crippen LogP contribution in [-0.4, -0.2) is 25.2 Å². The van der Waals surface area contributed by atoms with Gasteiger partial charge in [-0.25, -0.2) is 0 Å². The van der Waals surface area contributed by atoms with Gasteiger partial charge in [0.05, 0.1) is 12.5 Å². The molecule has 1 N–H and O–H groups in total. The average Bonchev–Trinajstić information content (AvgIpc) is 2.72. The summed E-state index contributed by atoms with van der Waals surface area (Å²) < 4.78 is 4.93. The standard InChI is InChI=1S/C10H15NO2/c1-9-5-7(9)11-6-3-10(9,4-6)8(12)13-2/h6-7,11H,3-5H2,1-2H3/t6?,7?,9-,10?/m1/s1. The van der Waals surface area contributed by atoms with Crippen LogP contribution in [0.4, 0.5) is 0 Å². The number of piperidine rings is 2. The molecule has 4 fully saturated rings. The Kier molecular flexibility index (Phi) is 1.15. The fourth-order valence-corrected chi connectivity index (χ4v) is 3.38. The number of nitrogens with one attached hydrogen (secondary N) is 1. The van der Waals surface area contributed by atoms with Gasteiger partial charge in [0.15, 0.2) is 0 Å². The fourth-order valence-electron chi connectivity index (χ4n) is 3.38. The molecular formula is C10H15NO2. The van der Waals surface area contributed by atoms with Crippen molar-refractivity contribution in [3.63, 3.8) is 0 Å². The maximum absolute atomic E-state index is 11.7. The van der Waals surface area contributed by atoms with E-state index in [1.165, 1.54) is 7.11 Å². The van der Waals surface area contributed by atoms with Crippen LogP contribution in [0.5, 0.6) is 0 Å². The second-order valence-electron chi connectivity index (χ2n) is 5.02. The lowest BCUT2D eigenvalue weighted by Crippen LogP contribution is -2.64. The Bertz CT molecular complexity index is 283. The van der Waals surface area contributed by atoms with Crippen LogP contribution in [0.25, 0.3) is 0 Å². The van der Waals surface area contributed by atoms with Crippen molar-refractivity contribution in [3.8, 4) is 0 Å². The molecule has 2 atom stereocenters. The van der Waals surface area contributed by atoms with Crippen molar-refractivity contribution in [2.24, 2.45) is 10.8 Å². The molecule has 2 aliphatic carbocycles. The minimum Gasteiger partial charge on any atom is -0.469 e. The molecule has 0 spiro atoms. The Balaban J connectivity index is 1.95. The van der Waals surface area contributed by atoms with E-state index >= 15 is 0 Å². The van der Waals surface area contributed by atoms with Crippen molar-refractivity contribution < 1.29 is 9.53 Å². The number of carbonyl (C=O) groups is 1. The van der Waals surface area contributed by atoms with Gasteiger partial charge in [-0.15, -0.1) is 0 Å². The highest BCUT2D eigenvalue weighted by atomic mass is 16.5. The maximum atomic E-state index is 11.7. The van der Waals surface area contributed by atoms with Gasteiger partial charge in [0.25, 0.3) is 0 Å². The summed E-state index contributed by atoms with van der Waals surface area (Å²) in [5.41, 5.74) is 0.0805. The number of methoxy groups -OCH3 is 1. The first kappa shape index (κ1) is 7.80. The van der Waals surface area contributed by atoms with E-state index in [1.54, 1.807) is 0 Å². The molecule has 4 rings (SSSR count). The number of hydrogen-bond donors (Lipinski definition) is 1. The molecule has 0 radical (unpaired) electrons. The van der Waals surface area contributed by atoms with Gasteiger partial charge in [-0.3, -0.25) is 4.79 Å². The van der Waals surface area contributed by atoms with Crippen LogP contribution in [0, 0.1) is 10.8 Å². The lowest BCUT2D eigenvalue weighted by molar-refractivity contribution is -0.172. The summed E-state index contributed by atoms with van der Waals surface area (Å²) in [6.07, 6.45) is 3.14. The number of carbonyl (C=O) groups excluding carboxylic acids is 1. The van der Waals surface area contributed by atoms with Crippen LogP contribution in [0.2, 0.25) is 0 Å². The summed E-state index contributed by atoms with van der Waals surface area (Å²) in [6.45, 7) is 2.22. The molecule has 1 unspecified atom stereocenters. The summed E-state index contributed by atoms with van der Waals surface area (Å²) in [5, 5.41) is 3.56. The highest BCUT2D eigenvalue weighted by molar-refractivity contribution is 5.81. The summed E-state index contributed by atoms with van der Waals surface area (Å²) in [4.78, 5) is 11.7. The number of hydrogen-bond acceptors (Lipinski definition) is 3. The van der Waals surface area contributed by atoms with E-state index in [0.717, 1.165) is 19.3 Å². The van der Waals surface area contributed by atoms with Crippen LogP contribution in [0.3, 0.4) is 0 Å². The number of rotatable bonds is 1. The second-order valence-corrected chi connectivity index (χ2v) is 5.02. The Labute approximate surface area is 77.8 Å². The average molecular weight is 181 g/mol. The Morgan fingerprint density at radius 1 is 1.46 bits per heavy atom. The van der Waals surface area contributed by atoms with Gasteiger partial charge in [0.1, 0.15) is 0 Å². The monoisotopic (exact) mass is 181 g/mol. The summed E-state index contributed by atoms with van der Waals surface area (Å²) >= 11 is 0. The van der Waals surface area contributed by atoms with E-state index in [2.05, 4.69) is 12.2 Å².